The van der Waals surface area contributed by atoms with Gasteiger partial charge < -0.3 is 5.11 Å². The third kappa shape index (κ3) is 3.18. The van der Waals surface area contributed by atoms with Crippen LogP contribution in [0.4, 0.5) is 0 Å². The first-order valence-corrected chi connectivity index (χ1v) is 9.42. The fourth-order valence-corrected chi connectivity index (χ4v) is 4.46. The Morgan fingerprint density at radius 3 is 2.35 bits per heavy atom. The van der Waals surface area contributed by atoms with E-state index >= 15 is 0 Å². The van der Waals surface area contributed by atoms with Gasteiger partial charge in [-0.15, -0.1) is 5.10 Å². The smallest absolute Gasteiger partial charge is 0.335 e. The summed E-state index contributed by atoms with van der Waals surface area (Å²) in [5.41, 5.74) is 0.843. The average Bonchev–Trinajstić information content (AvgIpc) is 2.97. The van der Waals surface area contributed by atoms with Crippen LogP contribution in [0.15, 0.2) is 52.4 Å². The van der Waals surface area contributed by atoms with Gasteiger partial charge in [-0.2, -0.15) is 0 Å². The van der Waals surface area contributed by atoms with Gasteiger partial charge >= 0.3 is 5.97 Å². The van der Waals surface area contributed by atoms with Gasteiger partial charge in [0.15, 0.2) is 0 Å². The first-order valence-electron chi connectivity index (χ1n) is 7.18. The zero-order valence-electron chi connectivity index (χ0n) is 13.2. The van der Waals surface area contributed by atoms with Crippen molar-refractivity contribution in [2.45, 2.75) is 16.8 Å². The van der Waals surface area contributed by atoms with E-state index in [0.29, 0.717) is 10.7 Å². The van der Waals surface area contributed by atoms with E-state index in [1.165, 1.54) is 47.1 Å². The van der Waals surface area contributed by atoms with Gasteiger partial charge in [-0.05, 0) is 49.4 Å². The van der Waals surface area contributed by atoms with E-state index in [1.807, 2.05) is 0 Å². The molecule has 1 heterocycles. The quantitative estimate of drug-likeness (QED) is 0.705. The minimum absolute atomic E-state index is 0.0164. The molecule has 0 saturated carbocycles. The molecule has 7 nitrogen and oxygen atoms in total. The summed E-state index contributed by atoms with van der Waals surface area (Å²) in [6.45, 7) is 1.54. The summed E-state index contributed by atoms with van der Waals surface area (Å²) in [7, 11) is -4.00. The molecule has 0 amide bonds. The molecule has 1 N–H and O–H groups in total. The number of carboxylic acid groups (broad SMARTS) is 1. The van der Waals surface area contributed by atoms with E-state index in [-0.39, 0.29) is 26.2 Å². The van der Waals surface area contributed by atoms with E-state index in [0.717, 1.165) is 0 Å². The van der Waals surface area contributed by atoms with Gasteiger partial charge in [-0.1, -0.05) is 28.4 Å². The fourth-order valence-electron chi connectivity index (χ4n) is 2.35. The highest BCUT2D eigenvalue weighted by Gasteiger charge is 2.28. The lowest BCUT2D eigenvalue weighted by Gasteiger charge is -2.06. The second-order valence-corrected chi connectivity index (χ2v) is 8.00. The molecule has 0 unspecified atom stereocenters. The number of hydrogen-bond acceptors (Lipinski definition) is 5. The van der Waals surface area contributed by atoms with Crippen LogP contribution in [-0.4, -0.2) is 34.5 Å². The Bertz CT molecular complexity index is 1110. The highest BCUT2D eigenvalue weighted by molar-refractivity contribution is 7.91. The fraction of sp³-hybridized carbons (Fsp3) is 0.0625. The van der Waals surface area contributed by atoms with Crippen LogP contribution in [0.5, 0.6) is 0 Å². The van der Waals surface area contributed by atoms with Gasteiger partial charge in [-0.25, -0.2) is 17.9 Å². The van der Waals surface area contributed by atoms with Gasteiger partial charge in [0.25, 0.3) is 0 Å². The number of nitrogens with zero attached hydrogens (tertiary/aromatic N) is 3. The minimum atomic E-state index is -4.00. The van der Waals surface area contributed by atoms with Crippen molar-refractivity contribution in [1.82, 2.24) is 15.0 Å². The molecule has 0 fully saturated rings. The van der Waals surface area contributed by atoms with Crippen molar-refractivity contribution in [2.24, 2.45) is 0 Å². The third-order valence-corrected chi connectivity index (χ3v) is 6.13. The summed E-state index contributed by atoms with van der Waals surface area (Å²) in [5, 5.41) is 16.6. The Hall–Kier alpha value is -2.42. The molecule has 26 heavy (non-hydrogen) atoms. The Balaban J connectivity index is 2.07. The number of aromatic carboxylic acids is 1. The van der Waals surface area contributed by atoms with Crippen LogP contribution >= 0.6 is 23.2 Å². The Morgan fingerprint density at radius 1 is 1.12 bits per heavy atom. The zero-order chi connectivity index (χ0) is 19.1. The molecule has 3 aromatic rings. The molecule has 0 aliphatic carbocycles. The first-order chi connectivity index (χ1) is 12.2. The van der Waals surface area contributed by atoms with Crippen LogP contribution in [-0.2, 0) is 9.84 Å². The van der Waals surface area contributed by atoms with Crippen LogP contribution in [0.1, 0.15) is 16.1 Å². The number of hydrogen-bond donors (Lipinski definition) is 1. The molecule has 2 aromatic carbocycles. The van der Waals surface area contributed by atoms with Crippen molar-refractivity contribution >= 4 is 39.0 Å². The van der Waals surface area contributed by atoms with E-state index in [4.69, 9.17) is 28.3 Å². The van der Waals surface area contributed by atoms with Crippen molar-refractivity contribution in [1.29, 1.82) is 0 Å². The molecule has 3 rings (SSSR count). The lowest BCUT2D eigenvalue weighted by Crippen LogP contribution is -2.06. The predicted octanol–water partition coefficient (Wildman–Crippen LogP) is 3.41. The number of sulfone groups is 1. The lowest BCUT2D eigenvalue weighted by atomic mass is 10.2. The predicted molar refractivity (Wildman–Crippen MR) is 95.0 cm³/mol. The standard InChI is InChI=1S/C16H11Cl2N3O4S/c1-9-15(26(24,25)14-7-4-11(17)8-13(14)18)19-20-21(9)12-5-2-10(3-6-12)16(22)23/h2-8H,1H3,(H,22,23). The summed E-state index contributed by atoms with van der Waals surface area (Å²) in [4.78, 5) is 10.8. The second kappa shape index (κ2) is 6.71. The lowest BCUT2D eigenvalue weighted by molar-refractivity contribution is 0.0697. The zero-order valence-corrected chi connectivity index (χ0v) is 15.5. The number of aromatic nitrogens is 3. The van der Waals surface area contributed by atoms with E-state index < -0.39 is 15.8 Å². The molecule has 0 bridgehead atoms. The minimum Gasteiger partial charge on any atom is -0.478 e. The summed E-state index contributed by atoms with van der Waals surface area (Å²) in [6.07, 6.45) is 0. The molecule has 1 aromatic heterocycles. The normalized spacial score (nSPS) is 11.5. The van der Waals surface area contributed by atoms with Crippen molar-refractivity contribution in [3.05, 3.63) is 63.8 Å². The molecule has 134 valence electrons. The van der Waals surface area contributed by atoms with Gasteiger partial charge in [-0.3, -0.25) is 0 Å². The van der Waals surface area contributed by atoms with Crippen molar-refractivity contribution in [2.75, 3.05) is 0 Å². The van der Waals surface area contributed by atoms with E-state index in [9.17, 15) is 13.2 Å². The largest absolute Gasteiger partial charge is 0.478 e. The van der Waals surface area contributed by atoms with Crippen LogP contribution in [0, 0.1) is 6.92 Å². The second-order valence-electron chi connectivity index (χ2n) is 5.32. The highest BCUT2D eigenvalue weighted by Crippen LogP contribution is 2.30. The monoisotopic (exact) mass is 411 g/mol. The average molecular weight is 412 g/mol. The summed E-state index contributed by atoms with van der Waals surface area (Å²) < 4.78 is 27.0. The van der Waals surface area contributed by atoms with E-state index in [2.05, 4.69) is 10.3 Å². The van der Waals surface area contributed by atoms with Crippen molar-refractivity contribution in [3.63, 3.8) is 0 Å². The molecule has 0 spiro atoms. The number of rotatable bonds is 4. The summed E-state index contributed by atoms with van der Waals surface area (Å²) in [6, 6.07) is 9.87. The number of carbonyl (C=O) groups is 1. The molecular formula is C16H11Cl2N3O4S. The van der Waals surface area contributed by atoms with Crippen molar-refractivity contribution < 1.29 is 18.3 Å². The summed E-state index contributed by atoms with van der Waals surface area (Å²) in [5.74, 6) is -1.06. The molecule has 0 saturated heterocycles. The van der Waals surface area contributed by atoms with Gasteiger partial charge in [0.2, 0.25) is 14.9 Å². The van der Waals surface area contributed by atoms with Crippen LogP contribution in [0.25, 0.3) is 5.69 Å². The summed E-state index contributed by atoms with van der Waals surface area (Å²) >= 11 is 11.8. The van der Waals surface area contributed by atoms with Gasteiger partial charge in [0.05, 0.1) is 26.9 Å². The van der Waals surface area contributed by atoms with Crippen molar-refractivity contribution in [3.8, 4) is 5.69 Å². The molecule has 10 heteroatoms. The van der Waals surface area contributed by atoms with Gasteiger partial charge in [0.1, 0.15) is 0 Å². The Labute approximate surface area is 158 Å². The maximum atomic E-state index is 12.9. The maximum absolute atomic E-state index is 12.9. The van der Waals surface area contributed by atoms with Crippen LogP contribution in [0.3, 0.4) is 0 Å². The Morgan fingerprint density at radius 2 is 1.77 bits per heavy atom. The molecule has 0 radical (unpaired) electrons. The number of halogens is 2. The van der Waals surface area contributed by atoms with Crippen LogP contribution in [0.2, 0.25) is 10.0 Å². The molecule has 0 atom stereocenters. The number of carboxylic acids is 1. The maximum Gasteiger partial charge on any atom is 0.335 e. The molecular weight excluding hydrogens is 401 g/mol. The molecule has 0 aliphatic rings. The molecule has 0 aliphatic heterocycles. The first kappa shape index (κ1) is 18.4. The SMILES string of the molecule is Cc1c(S(=O)(=O)c2ccc(Cl)cc2Cl)nnn1-c1ccc(C(=O)O)cc1. The number of benzene rings is 2. The van der Waals surface area contributed by atoms with Crippen LogP contribution < -0.4 is 0 Å². The topological polar surface area (TPSA) is 102 Å². The van der Waals surface area contributed by atoms with Gasteiger partial charge in [0, 0.05) is 5.02 Å². The van der Waals surface area contributed by atoms with E-state index in [1.54, 1.807) is 6.92 Å². The Kier molecular flexibility index (Phi) is 4.74. The third-order valence-electron chi connectivity index (χ3n) is 3.65. The highest BCUT2D eigenvalue weighted by atomic mass is 35.5.